The van der Waals surface area contributed by atoms with Crippen molar-refractivity contribution in [2.45, 2.75) is 50.6 Å². The molecule has 0 aliphatic heterocycles. The second kappa shape index (κ2) is 9.49. The van der Waals surface area contributed by atoms with Crippen LogP contribution in [0.5, 0.6) is 0 Å². The van der Waals surface area contributed by atoms with Gasteiger partial charge < -0.3 is 5.73 Å². The fraction of sp³-hybridized carbons (Fsp3) is 0.286. The molecule has 0 aliphatic carbocycles. The Morgan fingerprint density at radius 1 is 0.781 bits per heavy atom. The van der Waals surface area contributed by atoms with Crippen molar-refractivity contribution in [3.8, 4) is 0 Å². The van der Waals surface area contributed by atoms with E-state index in [4.69, 9.17) is 15.8 Å². The van der Waals surface area contributed by atoms with Crippen LogP contribution in [0.1, 0.15) is 55.6 Å². The van der Waals surface area contributed by atoms with Crippen LogP contribution in [0.4, 0.5) is 0 Å². The third-order valence-corrected chi connectivity index (χ3v) is 6.17. The van der Waals surface area contributed by atoms with Gasteiger partial charge in [-0.05, 0) is 30.0 Å². The molecule has 32 heavy (non-hydrogen) atoms. The number of nitrogens with zero attached hydrogens (tertiary/aromatic N) is 3. The molecule has 0 spiro atoms. The molecule has 0 saturated carbocycles. The highest BCUT2D eigenvalue weighted by atomic mass is 15.4. The fourth-order valence-corrected chi connectivity index (χ4v) is 4.60. The van der Waals surface area contributed by atoms with E-state index >= 15 is 0 Å². The van der Waals surface area contributed by atoms with Crippen molar-refractivity contribution < 1.29 is 0 Å². The van der Waals surface area contributed by atoms with Gasteiger partial charge in [-0.25, -0.2) is 9.67 Å². The second-order valence-electron chi connectivity index (χ2n) is 8.83. The first kappa shape index (κ1) is 22.0. The molecule has 0 bridgehead atoms. The first-order chi connectivity index (χ1) is 15.6. The summed E-state index contributed by atoms with van der Waals surface area (Å²) in [5.41, 5.74) is 9.14. The zero-order chi connectivity index (χ0) is 22.4. The average molecular weight is 425 g/mol. The van der Waals surface area contributed by atoms with Gasteiger partial charge in [-0.2, -0.15) is 5.10 Å². The molecule has 1 heterocycles. The number of aromatic nitrogens is 3. The molecule has 0 amide bonds. The normalized spacial score (nSPS) is 13.6. The molecule has 0 unspecified atom stereocenters. The monoisotopic (exact) mass is 424 g/mol. The van der Waals surface area contributed by atoms with Crippen molar-refractivity contribution in [2.24, 2.45) is 5.73 Å². The maximum absolute atomic E-state index is 6.74. The number of unbranched alkanes of at least 4 members (excludes halogenated alkanes) is 1. The zero-order valence-corrected chi connectivity index (χ0v) is 19.0. The lowest BCUT2D eigenvalue weighted by Gasteiger charge is -2.38. The van der Waals surface area contributed by atoms with Crippen molar-refractivity contribution >= 4 is 0 Å². The summed E-state index contributed by atoms with van der Waals surface area (Å²) in [5, 5.41) is 4.83. The van der Waals surface area contributed by atoms with E-state index in [1.165, 1.54) is 0 Å². The standard InChI is InChI=1S/C28H32N4/c1-3-4-20-27(2,29)21-26-30-22-31-32(26)28(23-14-8-5-9-15-23,24-16-10-6-11-17-24)25-18-12-7-13-19-25/h5-19,22H,3-4,20-21,29H2,1-2H3/t27-/m1/s1. The largest absolute Gasteiger partial charge is 0.325 e. The lowest BCUT2D eigenvalue weighted by atomic mass is 9.76. The number of hydrogen-bond donors (Lipinski definition) is 1. The third-order valence-electron chi connectivity index (χ3n) is 6.17. The van der Waals surface area contributed by atoms with Gasteiger partial charge in [0.25, 0.3) is 0 Å². The number of hydrogen-bond acceptors (Lipinski definition) is 3. The topological polar surface area (TPSA) is 56.7 Å². The lowest BCUT2D eigenvalue weighted by Crippen LogP contribution is -2.44. The molecular formula is C28H32N4. The third kappa shape index (κ3) is 4.23. The predicted molar refractivity (Wildman–Crippen MR) is 130 cm³/mol. The molecule has 164 valence electrons. The van der Waals surface area contributed by atoms with Gasteiger partial charge in [0.1, 0.15) is 17.7 Å². The van der Waals surface area contributed by atoms with Gasteiger partial charge in [0, 0.05) is 12.0 Å². The Morgan fingerprint density at radius 2 is 1.25 bits per heavy atom. The Bertz CT molecular complexity index is 1010. The van der Waals surface area contributed by atoms with E-state index < -0.39 is 5.54 Å². The highest BCUT2D eigenvalue weighted by Gasteiger charge is 2.41. The van der Waals surface area contributed by atoms with Crippen molar-refractivity contribution in [1.29, 1.82) is 0 Å². The van der Waals surface area contributed by atoms with Gasteiger partial charge in [-0.15, -0.1) is 0 Å². The molecule has 0 fully saturated rings. The van der Waals surface area contributed by atoms with Crippen molar-refractivity contribution in [2.75, 3.05) is 0 Å². The summed E-state index contributed by atoms with van der Waals surface area (Å²) in [6.07, 6.45) is 5.49. The van der Waals surface area contributed by atoms with E-state index in [0.29, 0.717) is 6.42 Å². The summed E-state index contributed by atoms with van der Waals surface area (Å²) in [5.74, 6) is 0.891. The summed E-state index contributed by atoms with van der Waals surface area (Å²) in [6, 6.07) is 31.7. The molecule has 1 aromatic heterocycles. The molecule has 4 rings (SSSR count). The number of benzene rings is 3. The van der Waals surface area contributed by atoms with E-state index in [0.717, 1.165) is 41.8 Å². The van der Waals surface area contributed by atoms with Gasteiger partial charge in [0.15, 0.2) is 0 Å². The first-order valence-corrected chi connectivity index (χ1v) is 11.4. The highest BCUT2D eigenvalue weighted by molar-refractivity contribution is 5.50. The van der Waals surface area contributed by atoms with Crippen LogP contribution in [0.25, 0.3) is 0 Å². The smallest absolute Gasteiger partial charge is 0.140 e. The minimum atomic E-state index is -0.656. The number of nitrogens with two attached hydrogens (primary N) is 1. The van der Waals surface area contributed by atoms with E-state index in [1.54, 1.807) is 6.33 Å². The molecular weight excluding hydrogens is 392 g/mol. The van der Waals surface area contributed by atoms with Crippen molar-refractivity contribution in [3.05, 3.63) is 120 Å². The minimum absolute atomic E-state index is 0.351. The van der Waals surface area contributed by atoms with Crippen LogP contribution < -0.4 is 5.73 Å². The molecule has 0 saturated heterocycles. The quantitative estimate of drug-likeness (QED) is 0.357. The summed E-state index contributed by atoms with van der Waals surface area (Å²) in [7, 11) is 0. The summed E-state index contributed by atoms with van der Waals surface area (Å²) >= 11 is 0. The van der Waals surface area contributed by atoms with Gasteiger partial charge in [-0.1, -0.05) is 111 Å². The molecule has 4 heteroatoms. The van der Waals surface area contributed by atoms with Gasteiger partial charge in [0.05, 0.1) is 0 Å². The van der Waals surface area contributed by atoms with Crippen molar-refractivity contribution in [3.63, 3.8) is 0 Å². The highest BCUT2D eigenvalue weighted by Crippen LogP contribution is 2.41. The molecule has 0 aliphatic rings. The lowest BCUT2D eigenvalue weighted by molar-refractivity contribution is 0.372. The van der Waals surface area contributed by atoms with E-state index in [1.807, 2.05) is 18.2 Å². The first-order valence-electron chi connectivity index (χ1n) is 11.4. The van der Waals surface area contributed by atoms with Gasteiger partial charge >= 0.3 is 0 Å². The van der Waals surface area contributed by atoms with Crippen LogP contribution in [-0.4, -0.2) is 20.3 Å². The predicted octanol–water partition coefficient (Wildman–Crippen LogP) is 5.57. The van der Waals surface area contributed by atoms with Crippen LogP contribution >= 0.6 is 0 Å². The van der Waals surface area contributed by atoms with Crippen molar-refractivity contribution in [1.82, 2.24) is 14.8 Å². The Balaban J connectivity index is 1.98. The van der Waals surface area contributed by atoms with Crippen LogP contribution in [0.2, 0.25) is 0 Å². The molecule has 0 radical (unpaired) electrons. The molecule has 3 aromatic carbocycles. The van der Waals surface area contributed by atoms with E-state index in [-0.39, 0.29) is 5.54 Å². The Kier molecular flexibility index (Phi) is 6.52. The Morgan fingerprint density at radius 3 is 1.69 bits per heavy atom. The molecule has 4 nitrogen and oxygen atoms in total. The summed E-state index contributed by atoms with van der Waals surface area (Å²) in [6.45, 7) is 4.32. The minimum Gasteiger partial charge on any atom is -0.325 e. The van der Waals surface area contributed by atoms with Gasteiger partial charge in [-0.3, -0.25) is 0 Å². The SMILES string of the molecule is CCCC[C@@](C)(N)Cc1ncnn1C(c1ccccc1)(c1ccccc1)c1ccccc1. The Labute approximate surface area is 191 Å². The Hall–Kier alpha value is -3.24. The number of rotatable bonds is 9. The molecule has 4 aromatic rings. The zero-order valence-electron chi connectivity index (χ0n) is 19.0. The van der Waals surface area contributed by atoms with Gasteiger partial charge in [0.2, 0.25) is 0 Å². The van der Waals surface area contributed by atoms with E-state index in [9.17, 15) is 0 Å². The van der Waals surface area contributed by atoms with Crippen LogP contribution in [0.3, 0.4) is 0 Å². The average Bonchev–Trinajstić information content (AvgIpc) is 3.28. The van der Waals surface area contributed by atoms with Crippen LogP contribution in [-0.2, 0) is 12.0 Å². The maximum atomic E-state index is 6.74. The second-order valence-corrected chi connectivity index (χ2v) is 8.83. The molecule has 2 N–H and O–H groups in total. The van der Waals surface area contributed by atoms with E-state index in [2.05, 4.69) is 91.3 Å². The molecule has 1 atom stereocenters. The van der Waals surface area contributed by atoms with Crippen LogP contribution in [0.15, 0.2) is 97.3 Å². The summed E-state index contributed by atoms with van der Waals surface area (Å²) in [4.78, 5) is 4.72. The van der Waals surface area contributed by atoms with Crippen LogP contribution in [0, 0.1) is 0 Å². The maximum Gasteiger partial charge on any atom is 0.140 e. The fourth-order valence-electron chi connectivity index (χ4n) is 4.60. The summed E-state index contributed by atoms with van der Waals surface area (Å²) < 4.78 is 2.09.